The molecule has 27 nitrogen and oxygen atoms in total. The number of fused-ring (bicyclic) bond motifs is 1. The maximum atomic E-state index is 15.2. The Kier molecular flexibility index (Phi) is 30.1. The van der Waals surface area contributed by atoms with E-state index in [1.54, 1.807) is 53.7 Å². The van der Waals surface area contributed by atoms with Gasteiger partial charge in [-0.2, -0.15) is 0 Å². The minimum atomic E-state index is -4.26. The molecule has 556 valence electrons. The fourth-order valence-corrected chi connectivity index (χ4v) is 13.9. The Morgan fingerprint density at radius 1 is 0.697 bits per heavy atom. The molecule has 3 aliphatic heterocycles. The third-order valence-corrected chi connectivity index (χ3v) is 18.5. The first kappa shape index (κ1) is 82.7. The number of Topliss-reactive ketones (excluding diaryl/α,β-unsaturated/α-hetero) is 1. The second-order valence-corrected chi connectivity index (χ2v) is 32.6. The SMILES string of the molecule is Cc1c(C)c(S(=O)(=O)NC(N)=NCCCC2NC(=O)[C@H](CCCCNC(=O)CCCN3CCN(CC(=O)OC(C)(C)C)CCN(CC(=O)OC(C)(C)C)CC3)C(ON)[C@@H](Cc3ccc(OC(C)(C)C)cc3)CC(=O)C(CC(=O)OC(C)(C)C)NC(=O)CNC2=O)c(C)c2c1OC(C)(C)C2. The maximum Gasteiger partial charge on any atom is 0.320 e. The van der Waals surface area contributed by atoms with Crippen molar-refractivity contribution in [2.75, 3.05) is 78.5 Å². The molecule has 0 aliphatic carbocycles. The fourth-order valence-electron chi connectivity index (χ4n) is 12.4. The van der Waals surface area contributed by atoms with E-state index in [4.69, 9.17) is 40.2 Å². The van der Waals surface area contributed by atoms with Crippen molar-refractivity contribution in [2.24, 2.45) is 28.5 Å². The predicted molar refractivity (Wildman–Crippen MR) is 376 cm³/mol. The van der Waals surface area contributed by atoms with Crippen LogP contribution in [0.2, 0.25) is 0 Å². The summed E-state index contributed by atoms with van der Waals surface area (Å²) in [7, 11) is -4.26. The highest BCUT2D eigenvalue weighted by atomic mass is 32.2. The molecule has 3 aliphatic rings. The molecule has 0 aromatic heterocycles. The van der Waals surface area contributed by atoms with Crippen LogP contribution in [0.4, 0.5) is 0 Å². The van der Waals surface area contributed by atoms with Gasteiger partial charge in [-0.3, -0.25) is 53.1 Å². The molecule has 5 rings (SSSR count). The summed E-state index contributed by atoms with van der Waals surface area (Å²) >= 11 is 0. The van der Waals surface area contributed by atoms with Gasteiger partial charge < -0.3 is 60.4 Å². The summed E-state index contributed by atoms with van der Waals surface area (Å²) in [6, 6.07) is 4.43. The van der Waals surface area contributed by atoms with Gasteiger partial charge in [0.2, 0.25) is 29.6 Å². The smallest absolute Gasteiger partial charge is 0.320 e. The normalized spacial score (nSPS) is 20.9. The highest BCUT2D eigenvalue weighted by Gasteiger charge is 2.41. The number of hydrogen-bond acceptors (Lipinski definition) is 21. The lowest BCUT2D eigenvalue weighted by atomic mass is 9.79. The van der Waals surface area contributed by atoms with Crippen molar-refractivity contribution in [2.45, 2.75) is 239 Å². The number of carbonyl (C=O) groups is 8. The number of guanidine groups is 1. The Hall–Kier alpha value is -6.98. The average molecular weight is 1410 g/mol. The Labute approximate surface area is 586 Å². The van der Waals surface area contributed by atoms with Gasteiger partial charge in [0.15, 0.2) is 5.78 Å². The Bertz CT molecular complexity index is 3240. The van der Waals surface area contributed by atoms with Crippen LogP contribution in [0.1, 0.15) is 183 Å². The Balaban J connectivity index is 1.38. The molecular weight excluding hydrogens is 1290 g/mol. The van der Waals surface area contributed by atoms with Crippen LogP contribution < -0.4 is 47.1 Å². The van der Waals surface area contributed by atoms with Crippen molar-refractivity contribution in [1.29, 1.82) is 0 Å². The van der Waals surface area contributed by atoms with Gasteiger partial charge in [0.1, 0.15) is 45.5 Å². The summed E-state index contributed by atoms with van der Waals surface area (Å²) in [4.78, 5) is 127. The average Bonchev–Trinajstić information content (AvgIpc) is 1.63. The van der Waals surface area contributed by atoms with Crippen LogP contribution in [0.3, 0.4) is 0 Å². The topological polar surface area (TPSA) is 360 Å². The number of benzene rings is 2. The van der Waals surface area contributed by atoms with Crippen LogP contribution in [0.15, 0.2) is 34.2 Å². The number of carbonyl (C=O) groups excluding carboxylic acids is 8. The second kappa shape index (κ2) is 36.1. The minimum Gasteiger partial charge on any atom is -0.488 e. The molecule has 3 unspecified atom stereocenters. The summed E-state index contributed by atoms with van der Waals surface area (Å²) in [6.07, 6.45) is -0.0657. The largest absolute Gasteiger partial charge is 0.488 e. The number of nitrogens with two attached hydrogens (primary N) is 2. The van der Waals surface area contributed by atoms with E-state index in [0.717, 1.165) is 5.56 Å². The third-order valence-electron chi connectivity index (χ3n) is 16.9. The second-order valence-electron chi connectivity index (χ2n) is 31.0. The van der Waals surface area contributed by atoms with E-state index in [-0.39, 0.29) is 87.4 Å². The lowest BCUT2D eigenvalue weighted by Gasteiger charge is -2.33. The zero-order valence-electron chi connectivity index (χ0n) is 61.8. The molecule has 0 bridgehead atoms. The van der Waals surface area contributed by atoms with Gasteiger partial charge >= 0.3 is 17.9 Å². The number of nitrogens with one attached hydrogen (secondary N) is 5. The van der Waals surface area contributed by atoms with Gasteiger partial charge in [-0.05, 0) is 203 Å². The molecule has 2 aromatic rings. The molecule has 2 fully saturated rings. The highest BCUT2D eigenvalue weighted by molar-refractivity contribution is 7.90. The summed E-state index contributed by atoms with van der Waals surface area (Å²) < 4.78 is 59.6. The monoisotopic (exact) mass is 1410 g/mol. The van der Waals surface area contributed by atoms with Gasteiger partial charge in [-0.1, -0.05) is 18.6 Å². The summed E-state index contributed by atoms with van der Waals surface area (Å²) in [5, 5.41) is 11.1. The lowest BCUT2D eigenvalue weighted by Crippen LogP contribution is -2.55. The minimum absolute atomic E-state index is 0.0638. The molecule has 5 atom stereocenters. The van der Waals surface area contributed by atoms with Gasteiger partial charge in [-0.15, -0.1) is 0 Å². The first-order valence-electron chi connectivity index (χ1n) is 34.7. The number of aliphatic imine (C=N–C) groups is 1. The molecule has 0 spiro atoms. The quantitative estimate of drug-likeness (QED) is 0.0170. The van der Waals surface area contributed by atoms with E-state index < -0.39 is 116 Å². The van der Waals surface area contributed by atoms with Crippen molar-refractivity contribution >= 4 is 63.3 Å². The third kappa shape index (κ3) is 28.5. The van der Waals surface area contributed by atoms with Gasteiger partial charge in [0, 0.05) is 77.2 Å². The van der Waals surface area contributed by atoms with Crippen LogP contribution in [-0.4, -0.2) is 201 Å². The van der Waals surface area contributed by atoms with Crippen LogP contribution in [0.25, 0.3) is 0 Å². The fraction of sp³-hybridized carbons (Fsp3) is 0.704. The van der Waals surface area contributed by atoms with Crippen LogP contribution in [0, 0.1) is 32.6 Å². The van der Waals surface area contributed by atoms with Crippen molar-refractivity contribution < 1.29 is 75.3 Å². The number of sulfonamides is 1. The van der Waals surface area contributed by atoms with Crippen LogP contribution in [-0.2, 0) is 80.3 Å². The summed E-state index contributed by atoms with van der Waals surface area (Å²) in [6.45, 7) is 34.3. The molecule has 2 saturated heterocycles. The summed E-state index contributed by atoms with van der Waals surface area (Å²) in [5.41, 5.74) is 6.18. The number of rotatable bonds is 25. The van der Waals surface area contributed by atoms with Crippen molar-refractivity contribution in [3.8, 4) is 11.5 Å². The van der Waals surface area contributed by atoms with Crippen molar-refractivity contribution in [1.82, 2.24) is 40.7 Å². The molecule has 28 heteroatoms. The van der Waals surface area contributed by atoms with E-state index >= 15 is 4.79 Å². The van der Waals surface area contributed by atoms with Crippen molar-refractivity contribution in [3.05, 3.63) is 52.1 Å². The first-order chi connectivity index (χ1) is 45.9. The van der Waals surface area contributed by atoms with E-state index in [2.05, 4.69) is 35.9 Å². The van der Waals surface area contributed by atoms with Gasteiger partial charge in [0.25, 0.3) is 10.0 Å². The Morgan fingerprint density at radius 3 is 1.82 bits per heavy atom. The highest BCUT2D eigenvalue weighted by Crippen LogP contribution is 2.44. The number of ketones is 1. The lowest BCUT2D eigenvalue weighted by molar-refractivity contribution is -0.158. The van der Waals surface area contributed by atoms with E-state index in [0.29, 0.717) is 105 Å². The van der Waals surface area contributed by atoms with Crippen LogP contribution in [0.5, 0.6) is 11.5 Å². The molecular formula is C71H115N11O16S. The maximum absolute atomic E-state index is 15.2. The van der Waals surface area contributed by atoms with E-state index in [1.165, 1.54) is 0 Å². The molecule has 0 radical (unpaired) electrons. The zero-order chi connectivity index (χ0) is 74.0. The Morgan fingerprint density at radius 2 is 1.26 bits per heavy atom. The molecule has 2 aromatic carbocycles. The van der Waals surface area contributed by atoms with Gasteiger partial charge in [-0.25, -0.2) is 19.0 Å². The van der Waals surface area contributed by atoms with Crippen molar-refractivity contribution in [3.63, 3.8) is 0 Å². The van der Waals surface area contributed by atoms with E-state index in [9.17, 15) is 42.0 Å². The molecule has 0 saturated carbocycles. The number of esters is 3. The van der Waals surface area contributed by atoms with Gasteiger partial charge in [0.05, 0.1) is 49.0 Å². The number of hydrogen-bond donors (Lipinski definition) is 7. The standard InChI is InChI=1S/C71H115N11O16S/c1-45-46(2)63(47(3)52-41-71(16,17)97-61(45)52)99(91,92)79-66(72)75-30-20-23-53-65(90)76-42-57(85)77-54(40-58(86)94-68(7,8)9)55(83)39-49(38-48-25-27-50(28-26-48)93-67(4,5)6)62(98-73)51(64(89)78-53)22-18-19-29-74-56(84)24-21-31-80-32-34-81(43-59(87)95-69(10,11)12)36-37-82(35-33-80)44-60(88)96-70(13,14)15/h25-28,49,51,53-54,62H,18-24,29-44,73H2,1-17H3,(H,74,84)(H,76,90)(H,77,85)(H,78,89)(H3,72,75,79)/t49-,51+,53?,54?,62?/m0/s1. The number of ether oxygens (including phenoxy) is 5. The molecule has 9 N–H and O–H groups in total. The number of amides is 4. The molecule has 3 heterocycles. The van der Waals surface area contributed by atoms with E-state index in [1.807, 2.05) is 98.1 Å². The number of nitrogens with zero attached hydrogens (tertiary/aromatic N) is 4. The first-order valence-corrected chi connectivity index (χ1v) is 36.2. The molecule has 4 amide bonds. The predicted octanol–water partition coefficient (Wildman–Crippen LogP) is 5.07. The number of unbranched alkanes of at least 4 members (excludes halogenated alkanes) is 1. The van der Waals surface area contributed by atoms with Crippen LogP contribution >= 0.6 is 0 Å². The summed E-state index contributed by atoms with van der Waals surface area (Å²) in [5.74, 6) is 0.550. The molecule has 99 heavy (non-hydrogen) atoms. The zero-order valence-corrected chi connectivity index (χ0v) is 62.7.